The van der Waals surface area contributed by atoms with Crippen molar-refractivity contribution in [1.29, 1.82) is 0 Å². The van der Waals surface area contributed by atoms with Crippen molar-refractivity contribution in [3.8, 4) is 0 Å². The molecule has 2 aromatic rings. The molecule has 0 heterocycles. The lowest BCUT2D eigenvalue weighted by Gasteiger charge is -2.26. The van der Waals surface area contributed by atoms with E-state index in [0.717, 1.165) is 32.4 Å². The predicted molar refractivity (Wildman–Crippen MR) is 100 cm³/mol. The number of anilines is 2. The average Bonchev–Trinajstić information content (AvgIpc) is 2.93. The van der Waals surface area contributed by atoms with E-state index in [1.807, 2.05) is 0 Å². The lowest BCUT2D eigenvalue weighted by atomic mass is 10.1. The molecule has 0 aromatic heterocycles. The van der Waals surface area contributed by atoms with Gasteiger partial charge in [0.05, 0.1) is 0 Å². The van der Waals surface area contributed by atoms with Crippen LogP contribution in [0.15, 0.2) is 55.1 Å². The molecule has 0 bridgehead atoms. The van der Waals surface area contributed by atoms with Crippen molar-refractivity contribution < 1.29 is 0 Å². The number of para-hydroxylation sites is 1. The molecular formula is C21H26N2. The van der Waals surface area contributed by atoms with Crippen molar-refractivity contribution >= 4 is 16.9 Å². The lowest BCUT2D eigenvalue weighted by Crippen LogP contribution is -2.23. The van der Waals surface area contributed by atoms with Gasteiger partial charge < -0.3 is 9.80 Å². The molecule has 0 radical (unpaired) electrons. The molecule has 0 aliphatic heterocycles. The molecule has 1 aliphatic rings. The number of rotatable bonds is 6. The normalized spacial score (nSPS) is 13.4. The zero-order chi connectivity index (χ0) is 16.2. The topological polar surface area (TPSA) is 6.48 Å². The van der Waals surface area contributed by atoms with Crippen molar-refractivity contribution in [2.75, 3.05) is 32.1 Å². The monoisotopic (exact) mass is 306 g/mol. The molecule has 1 aliphatic carbocycles. The molecule has 0 unspecified atom stereocenters. The minimum atomic E-state index is 1.03. The van der Waals surface area contributed by atoms with Crippen LogP contribution in [0, 0.1) is 0 Å². The first-order valence-electron chi connectivity index (χ1n) is 8.43. The summed E-state index contributed by atoms with van der Waals surface area (Å²) in [4.78, 5) is 4.68. The second-order valence-corrected chi connectivity index (χ2v) is 6.59. The maximum absolute atomic E-state index is 4.18. The molecule has 0 amide bonds. The molecular weight excluding hydrogens is 280 g/mol. The smallest absolute Gasteiger partial charge is 0.0413 e. The highest BCUT2D eigenvalue weighted by Gasteiger charge is 2.17. The maximum atomic E-state index is 4.18. The third-order valence-electron chi connectivity index (χ3n) is 4.53. The standard InChI is InChI=1S/C21H26N2/c1-17-10-11-18-16-20(12-13-21(17)18)23(15-7-14-22(2)3)19-8-5-4-6-9-19/h4-6,8-9,12-13,16H,1,7,10-11,14-15H2,2-3H3. The largest absolute Gasteiger partial charge is 0.341 e. The molecule has 2 heteroatoms. The molecule has 120 valence electrons. The van der Waals surface area contributed by atoms with Gasteiger partial charge in [0.15, 0.2) is 0 Å². The van der Waals surface area contributed by atoms with Crippen LogP contribution in [0.2, 0.25) is 0 Å². The van der Waals surface area contributed by atoms with Crippen LogP contribution in [-0.2, 0) is 6.42 Å². The summed E-state index contributed by atoms with van der Waals surface area (Å²) in [5, 5.41) is 0. The van der Waals surface area contributed by atoms with Crippen molar-refractivity contribution in [3.05, 3.63) is 66.2 Å². The first-order valence-corrected chi connectivity index (χ1v) is 8.43. The number of fused-ring (bicyclic) bond motifs is 1. The van der Waals surface area contributed by atoms with Crippen molar-refractivity contribution in [3.63, 3.8) is 0 Å². The summed E-state index contributed by atoms with van der Waals surface area (Å²) in [6.07, 6.45) is 3.37. The Morgan fingerprint density at radius 2 is 1.70 bits per heavy atom. The van der Waals surface area contributed by atoms with Crippen LogP contribution in [0.3, 0.4) is 0 Å². The lowest BCUT2D eigenvalue weighted by molar-refractivity contribution is 0.402. The Hall–Kier alpha value is -2.06. The van der Waals surface area contributed by atoms with Gasteiger partial charge in [-0.05, 0) is 80.9 Å². The summed E-state index contributed by atoms with van der Waals surface area (Å²) < 4.78 is 0. The number of nitrogens with zero attached hydrogens (tertiary/aromatic N) is 2. The maximum Gasteiger partial charge on any atom is 0.0413 e. The third kappa shape index (κ3) is 3.65. The molecule has 2 aromatic carbocycles. The number of allylic oxidation sites excluding steroid dienone is 1. The van der Waals surface area contributed by atoms with E-state index in [2.05, 4.69) is 79.0 Å². The Morgan fingerprint density at radius 3 is 2.43 bits per heavy atom. The summed E-state index contributed by atoms with van der Waals surface area (Å²) >= 11 is 0. The molecule has 0 spiro atoms. The van der Waals surface area contributed by atoms with Gasteiger partial charge in [0.25, 0.3) is 0 Å². The van der Waals surface area contributed by atoms with Crippen LogP contribution in [0.25, 0.3) is 5.57 Å². The van der Waals surface area contributed by atoms with E-state index < -0.39 is 0 Å². The third-order valence-corrected chi connectivity index (χ3v) is 4.53. The van der Waals surface area contributed by atoms with Crippen LogP contribution >= 0.6 is 0 Å². The highest BCUT2D eigenvalue weighted by Crippen LogP contribution is 2.35. The van der Waals surface area contributed by atoms with Gasteiger partial charge in [0, 0.05) is 17.9 Å². The van der Waals surface area contributed by atoms with Gasteiger partial charge >= 0.3 is 0 Å². The van der Waals surface area contributed by atoms with E-state index in [1.54, 1.807) is 0 Å². The van der Waals surface area contributed by atoms with E-state index in [0.29, 0.717) is 0 Å². The quantitative estimate of drug-likeness (QED) is 0.761. The molecule has 0 saturated heterocycles. The van der Waals surface area contributed by atoms with Crippen LogP contribution in [0.1, 0.15) is 24.0 Å². The Bertz CT molecular complexity index is 673. The summed E-state index contributed by atoms with van der Waals surface area (Å²) in [7, 11) is 4.27. The van der Waals surface area contributed by atoms with Crippen molar-refractivity contribution in [2.24, 2.45) is 0 Å². The first kappa shape index (κ1) is 15.8. The summed E-state index contributed by atoms with van der Waals surface area (Å²) in [5.74, 6) is 0. The van der Waals surface area contributed by atoms with Gasteiger partial charge in [-0.2, -0.15) is 0 Å². The zero-order valence-electron chi connectivity index (χ0n) is 14.3. The minimum Gasteiger partial charge on any atom is -0.341 e. The first-order chi connectivity index (χ1) is 11.1. The summed E-state index contributed by atoms with van der Waals surface area (Å²) in [6.45, 7) is 6.31. The van der Waals surface area contributed by atoms with Crippen molar-refractivity contribution in [2.45, 2.75) is 19.3 Å². The Balaban J connectivity index is 1.87. The van der Waals surface area contributed by atoms with E-state index in [4.69, 9.17) is 0 Å². The molecule has 3 rings (SSSR count). The average molecular weight is 306 g/mol. The molecule has 0 fully saturated rings. The van der Waals surface area contributed by atoms with Crippen LogP contribution in [-0.4, -0.2) is 32.1 Å². The van der Waals surface area contributed by atoms with E-state index in [9.17, 15) is 0 Å². The van der Waals surface area contributed by atoms with E-state index in [-0.39, 0.29) is 0 Å². The second-order valence-electron chi connectivity index (χ2n) is 6.59. The Kier molecular flexibility index (Phi) is 4.82. The number of hydrogen-bond acceptors (Lipinski definition) is 2. The fourth-order valence-electron chi connectivity index (χ4n) is 3.28. The molecule has 2 nitrogen and oxygen atoms in total. The van der Waals surface area contributed by atoms with Gasteiger partial charge in [-0.25, -0.2) is 0 Å². The SMILES string of the molecule is C=C1CCc2cc(N(CCCN(C)C)c3ccccc3)ccc21. The predicted octanol–water partition coefficient (Wildman–Crippen LogP) is 4.74. The second kappa shape index (κ2) is 7.01. The molecule has 23 heavy (non-hydrogen) atoms. The van der Waals surface area contributed by atoms with Gasteiger partial charge in [-0.1, -0.05) is 30.8 Å². The Morgan fingerprint density at radius 1 is 0.913 bits per heavy atom. The van der Waals surface area contributed by atoms with E-state index >= 15 is 0 Å². The minimum absolute atomic E-state index is 1.03. The fraction of sp³-hybridized carbons (Fsp3) is 0.333. The highest BCUT2D eigenvalue weighted by atomic mass is 15.1. The zero-order valence-corrected chi connectivity index (χ0v) is 14.3. The molecule has 0 atom stereocenters. The molecule has 0 saturated carbocycles. The van der Waals surface area contributed by atoms with Crippen LogP contribution < -0.4 is 4.90 Å². The summed E-state index contributed by atoms with van der Waals surface area (Å²) in [6, 6.07) is 17.6. The number of aryl methyl sites for hydroxylation is 1. The van der Waals surface area contributed by atoms with Gasteiger partial charge in [-0.3, -0.25) is 0 Å². The van der Waals surface area contributed by atoms with Gasteiger partial charge in [0.1, 0.15) is 0 Å². The Labute approximate surface area is 140 Å². The highest BCUT2D eigenvalue weighted by molar-refractivity contribution is 5.74. The summed E-state index contributed by atoms with van der Waals surface area (Å²) in [5.41, 5.74) is 6.65. The van der Waals surface area contributed by atoms with Gasteiger partial charge in [0.2, 0.25) is 0 Å². The van der Waals surface area contributed by atoms with Crippen LogP contribution in [0.4, 0.5) is 11.4 Å². The number of benzene rings is 2. The molecule has 0 N–H and O–H groups in total. The fourth-order valence-corrected chi connectivity index (χ4v) is 3.28. The van der Waals surface area contributed by atoms with Crippen molar-refractivity contribution in [1.82, 2.24) is 4.90 Å². The van der Waals surface area contributed by atoms with Crippen LogP contribution in [0.5, 0.6) is 0 Å². The number of hydrogen-bond donors (Lipinski definition) is 0. The van der Waals surface area contributed by atoms with Gasteiger partial charge in [-0.15, -0.1) is 0 Å². The van der Waals surface area contributed by atoms with E-state index in [1.165, 1.54) is 28.1 Å².